The minimum atomic E-state index is -0.760. The first-order chi connectivity index (χ1) is 18.1. The molecule has 0 radical (unpaired) electrons. The van der Waals surface area contributed by atoms with E-state index in [9.17, 15) is 9.59 Å². The Bertz CT molecular complexity index is 1310. The number of β-lactam (4-membered cyclic amide) rings is 1. The number of hydrogen-bond donors (Lipinski definition) is 2. The van der Waals surface area contributed by atoms with Crippen LogP contribution in [0.2, 0.25) is 0 Å². The van der Waals surface area contributed by atoms with Crippen molar-refractivity contribution >= 4 is 34.0 Å². The van der Waals surface area contributed by atoms with Gasteiger partial charge >= 0.3 is 0 Å². The molecule has 8 nitrogen and oxygen atoms in total. The fraction of sp³-hybridized carbons (Fsp3) is 0.143. The molecule has 1 aromatic heterocycles. The van der Waals surface area contributed by atoms with Crippen LogP contribution < -0.4 is 10.7 Å². The van der Waals surface area contributed by atoms with Crippen LogP contribution in [0.25, 0.3) is 0 Å². The topological polar surface area (TPSA) is 95.9 Å². The summed E-state index contributed by atoms with van der Waals surface area (Å²) in [4.78, 5) is 34.2. The van der Waals surface area contributed by atoms with Crippen molar-refractivity contribution in [3.8, 4) is 0 Å². The number of benzene rings is 3. The number of hydrogen-bond acceptors (Lipinski definition) is 7. The Morgan fingerprint density at radius 3 is 1.92 bits per heavy atom. The van der Waals surface area contributed by atoms with Crippen molar-refractivity contribution in [1.82, 2.24) is 15.4 Å². The summed E-state index contributed by atoms with van der Waals surface area (Å²) in [5.74, 6) is -0.712. The van der Waals surface area contributed by atoms with E-state index in [-0.39, 0.29) is 11.6 Å². The standard InChI is InChI=1S/C28H25N5O3S/c1-36-32-25(26(35)31-33-18-17-24(33)34)23-19-37-27(29-23)30-28(20-11-5-2-6-12-20,21-13-7-3-8-14-21)22-15-9-4-10-16-22/h2-16,19H,17-18H2,1H3,(H,29,30)(H,31,35)/b32-25+. The zero-order valence-electron chi connectivity index (χ0n) is 20.1. The zero-order chi connectivity index (χ0) is 25.7. The van der Waals surface area contributed by atoms with E-state index < -0.39 is 11.4 Å². The molecule has 0 saturated carbocycles. The molecular weight excluding hydrogens is 486 g/mol. The summed E-state index contributed by atoms with van der Waals surface area (Å²) in [6, 6.07) is 30.5. The average molecular weight is 512 g/mol. The fourth-order valence-electron chi connectivity index (χ4n) is 4.29. The van der Waals surface area contributed by atoms with Crippen molar-refractivity contribution < 1.29 is 14.4 Å². The van der Waals surface area contributed by atoms with Gasteiger partial charge in [-0.1, -0.05) is 96.2 Å². The second-order valence-electron chi connectivity index (χ2n) is 8.37. The molecule has 0 unspecified atom stereocenters. The monoisotopic (exact) mass is 511 g/mol. The van der Waals surface area contributed by atoms with Gasteiger partial charge in [0.2, 0.25) is 5.91 Å². The van der Waals surface area contributed by atoms with Crippen molar-refractivity contribution in [3.63, 3.8) is 0 Å². The highest BCUT2D eigenvalue weighted by atomic mass is 32.1. The normalized spacial score (nSPS) is 13.6. The van der Waals surface area contributed by atoms with Crippen LogP contribution in [-0.2, 0) is 20.0 Å². The summed E-state index contributed by atoms with van der Waals surface area (Å²) in [5.41, 5.74) is 5.22. The van der Waals surface area contributed by atoms with Gasteiger partial charge in [-0.25, -0.2) is 4.98 Å². The third kappa shape index (κ3) is 4.81. The Morgan fingerprint density at radius 1 is 0.946 bits per heavy atom. The Hall–Kier alpha value is -4.50. The van der Waals surface area contributed by atoms with E-state index in [0.29, 0.717) is 23.8 Å². The predicted octanol–water partition coefficient (Wildman–Crippen LogP) is 4.16. The van der Waals surface area contributed by atoms with E-state index >= 15 is 0 Å². The van der Waals surface area contributed by atoms with Gasteiger partial charge in [-0.3, -0.25) is 20.0 Å². The van der Waals surface area contributed by atoms with Gasteiger partial charge in [-0.05, 0) is 16.7 Å². The van der Waals surface area contributed by atoms with E-state index in [2.05, 4.69) is 52.3 Å². The van der Waals surface area contributed by atoms with E-state index in [1.54, 1.807) is 5.38 Å². The molecule has 2 N–H and O–H groups in total. The molecule has 0 bridgehead atoms. The number of nitrogens with zero attached hydrogens (tertiary/aromatic N) is 3. The van der Waals surface area contributed by atoms with Gasteiger partial charge in [0.25, 0.3) is 5.91 Å². The molecule has 2 amide bonds. The number of thiazole rings is 1. The highest BCUT2D eigenvalue weighted by Gasteiger charge is 2.37. The van der Waals surface area contributed by atoms with Gasteiger partial charge in [0, 0.05) is 11.8 Å². The lowest BCUT2D eigenvalue weighted by Crippen LogP contribution is -2.55. The highest BCUT2D eigenvalue weighted by Crippen LogP contribution is 2.40. The summed E-state index contributed by atoms with van der Waals surface area (Å²) in [7, 11) is 1.36. The average Bonchev–Trinajstić information content (AvgIpc) is 3.41. The molecule has 2 heterocycles. The molecule has 1 saturated heterocycles. The predicted molar refractivity (Wildman–Crippen MR) is 143 cm³/mol. The first-order valence-electron chi connectivity index (χ1n) is 11.7. The fourth-order valence-corrected chi connectivity index (χ4v) is 5.04. The number of carbonyl (C=O) groups is 2. The van der Waals surface area contributed by atoms with Crippen molar-refractivity contribution in [3.05, 3.63) is 119 Å². The minimum absolute atomic E-state index is 0.0174. The highest BCUT2D eigenvalue weighted by molar-refractivity contribution is 7.14. The van der Waals surface area contributed by atoms with E-state index in [1.165, 1.54) is 23.5 Å². The first-order valence-corrected chi connectivity index (χ1v) is 12.6. The van der Waals surface area contributed by atoms with Crippen LogP contribution in [0.3, 0.4) is 0 Å². The molecule has 0 atom stereocenters. The molecule has 1 aliphatic heterocycles. The molecule has 4 aromatic rings. The lowest BCUT2D eigenvalue weighted by atomic mass is 9.77. The molecule has 3 aromatic carbocycles. The van der Waals surface area contributed by atoms with Crippen LogP contribution in [0.1, 0.15) is 28.8 Å². The van der Waals surface area contributed by atoms with E-state index in [0.717, 1.165) is 16.7 Å². The van der Waals surface area contributed by atoms with Crippen molar-refractivity contribution in [1.29, 1.82) is 0 Å². The molecule has 37 heavy (non-hydrogen) atoms. The Balaban J connectivity index is 1.56. The van der Waals surface area contributed by atoms with E-state index in [4.69, 9.17) is 9.82 Å². The maximum absolute atomic E-state index is 12.9. The summed E-state index contributed by atoms with van der Waals surface area (Å²) in [6.45, 7) is 0.461. The molecule has 0 spiro atoms. The van der Waals surface area contributed by atoms with Crippen LogP contribution in [0, 0.1) is 0 Å². The van der Waals surface area contributed by atoms with Crippen molar-refractivity contribution in [2.45, 2.75) is 12.0 Å². The van der Waals surface area contributed by atoms with Gasteiger partial charge < -0.3 is 10.2 Å². The van der Waals surface area contributed by atoms with Gasteiger partial charge in [-0.15, -0.1) is 11.3 Å². The Morgan fingerprint density at radius 2 is 1.49 bits per heavy atom. The zero-order valence-corrected chi connectivity index (χ0v) is 20.9. The number of amides is 2. The summed E-state index contributed by atoms with van der Waals surface area (Å²) < 4.78 is 0. The third-order valence-corrected chi connectivity index (χ3v) is 6.90. The number of anilines is 1. The minimum Gasteiger partial charge on any atom is -0.398 e. The Labute approximate surface area is 218 Å². The maximum atomic E-state index is 12.9. The molecule has 1 fully saturated rings. The molecule has 186 valence electrons. The van der Waals surface area contributed by atoms with Crippen LogP contribution in [0.15, 0.2) is 102 Å². The number of hydrazine groups is 1. The summed E-state index contributed by atoms with van der Waals surface area (Å²) >= 11 is 1.35. The van der Waals surface area contributed by atoms with Crippen LogP contribution in [0.4, 0.5) is 5.13 Å². The lowest BCUT2D eigenvalue weighted by Gasteiger charge is -2.36. The third-order valence-electron chi connectivity index (χ3n) is 6.15. The number of nitrogens with one attached hydrogen (secondary N) is 2. The quantitative estimate of drug-likeness (QED) is 0.152. The molecule has 0 aliphatic carbocycles. The van der Waals surface area contributed by atoms with E-state index in [1.807, 2.05) is 54.6 Å². The van der Waals surface area contributed by atoms with Gasteiger partial charge in [-0.2, -0.15) is 0 Å². The second-order valence-corrected chi connectivity index (χ2v) is 9.23. The Kier molecular flexibility index (Phi) is 6.96. The lowest BCUT2D eigenvalue weighted by molar-refractivity contribution is -0.148. The number of oxime groups is 1. The van der Waals surface area contributed by atoms with Crippen LogP contribution in [0.5, 0.6) is 0 Å². The smallest absolute Gasteiger partial charge is 0.294 e. The number of aromatic nitrogens is 1. The van der Waals surface area contributed by atoms with Gasteiger partial charge in [0.1, 0.15) is 18.3 Å². The summed E-state index contributed by atoms with van der Waals surface area (Å²) in [6.07, 6.45) is 0.405. The SMILES string of the molecule is CO/N=C(/C(=O)NN1CCC1=O)c1csc(NC(c2ccccc2)(c2ccccc2)c2ccccc2)n1. The first kappa shape index (κ1) is 24.2. The van der Waals surface area contributed by atoms with Crippen molar-refractivity contribution in [2.24, 2.45) is 5.16 Å². The van der Waals surface area contributed by atoms with Crippen molar-refractivity contribution in [2.75, 3.05) is 19.0 Å². The molecule has 5 rings (SSSR count). The largest absolute Gasteiger partial charge is 0.398 e. The number of rotatable bonds is 9. The molecular formula is C28H25N5O3S. The number of carbonyl (C=O) groups excluding carboxylic acids is 2. The van der Waals surface area contributed by atoms with Gasteiger partial charge in [0.15, 0.2) is 10.8 Å². The second kappa shape index (κ2) is 10.6. The van der Waals surface area contributed by atoms with Gasteiger partial charge in [0.05, 0.1) is 6.54 Å². The summed E-state index contributed by atoms with van der Waals surface area (Å²) in [5, 5.41) is 11.2. The van der Waals surface area contributed by atoms with Crippen LogP contribution >= 0.6 is 11.3 Å². The molecule has 9 heteroatoms. The molecule has 1 aliphatic rings. The maximum Gasteiger partial charge on any atom is 0.294 e. The van der Waals surface area contributed by atoms with Crippen LogP contribution in [-0.4, -0.2) is 41.2 Å².